The van der Waals surface area contributed by atoms with Crippen molar-refractivity contribution in [3.63, 3.8) is 0 Å². The highest BCUT2D eigenvalue weighted by Gasteiger charge is 2.15. The van der Waals surface area contributed by atoms with Gasteiger partial charge in [0.05, 0.1) is 6.54 Å². The van der Waals surface area contributed by atoms with Crippen molar-refractivity contribution in [2.45, 2.75) is 46.5 Å². The van der Waals surface area contributed by atoms with Gasteiger partial charge in [-0.05, 0) is 31.8 Å². The van der Waals surface area contributed by atoms with Gasteiger partial charge in [-0.2, -0.15) is 0 Å². The maximum Gasteiger partial charge on any atom is 0.317 e. The summed E-state index contributed by atoms with van der Waals surface area (Å²) in [5.41, 5.74) is 0.0666. The Kier molecular flexibility index (Phi) is 7.04. The van der Waals surface area contributed by atoms with E-state index in [1.54, 1.807) is 11.9 Å². The molecule has 0 aliphatic carbocycles. The molecule has 0 heterocycles. The number of Topliss-reactive ketones (excluding diaryl/α,β-unsaturated/α-hetero) is 1. The third kappa shape index (κ3) is 11.4. The van der Waals surface area contributed by atoms with Gasteiger partial charge in [-0.3, -0.25) is 14.5 Å². The summed E-state index contributed by atoms with van der Waals surface area (Å²) in [6, 6.07) is 0. The second-order valence-corrected chi connectivity index (χ2v) is 5.86. The topological polar surface area (TPSA) is 57.6 Å². The van der Waals surface area contributed by atoms with Gasteiger partial charge in [0.15, 0.2) is 0 Å². The number of likely N-dealkylation sites (N-methyl/N-ethyl adjacent to an activating group) is 1. The molecule has 0 aromatic rings. The molecule has 0 saturated carbocycles. The van der Waals surface area contributed by atoms with Gasteiger partial charge in [0.2, 0.25) is 0 Å². The van der Waals surface area contributed by atoms with Crippen LogP contribution in [0.5, 0.6) is 0 Å². The van der Waals surface area contributed by atoms with Crippen LogP contribution in [0.1, 0.15) is 46.5 Å². The first-order chi connectivity index (χ1) is 7.70. The van der Waals surface area contributed by atoms with E-state index >= 15 is 0 Å². The van der Waals surface area contributed by atoms with E-state index in [9.17, 15) is 9.59 Å². The summed E-state index contributed by atoms with van der Waals surface area (Å²) >= 11 is 0. The minimum atomic E-state index is -0.809. The normalized spacial score (nSPS) is 11.8. The van der Waals surface area contributed by atoms with E-state index in [4.69, 9.17) is 5.11 Å². The maximum atomic E-state index is 11.6. The van der Waals surface area contributed by atoms with Crippen molar-refractivity contribution in [2.75, 3.05) is 20.1 Å². The lowest BCUT2D eigenvalue weighted by Crippen LogP contribution is -2.26. The van der Waals surface area contributed by atoms with Gasteiger partial charge in [0.25, 0.3) is 0 Å². The van der Waals surface area contributed by atoms with E-state index < -0.39 is 5.97 Å². The summed E-state index contributed by atoms with van der Waals surface area (Å²) < 4.78 is 0. The van der Waals surface area contributed by atoms with Crippen LogP contribution in [0.4, 0.5) is 0 Å². The Bertz CT molecular complexity index is 256. The Morgan fingerprint density at radius 2 is 1.76 bits per heavy atom. The number of aliphatic carboxylic acids is 1. The molecule has 0 radical (unpaired) electrons. The number of carbonyl (C=O) groups excluding carboxylic acids is 1. The Balaban J connectivity index is 3.58. The second kappa shape index (κ2) is 7.43. The lowest BCUT2D eigenvalue weighted by atomic mass is 9.88. The molecular formula is C13H25NO3. The zero-order chi connectivity index (χ0) is 13.5. The molecule has 0 bridgehead atoms. The van der Waals surface area contributed by atoms with E-state index in [1.165, 1.54) is 0 Å². The first-order valence-corrected chi connectivity index (χ1v) is 6.13. The molecule has 4 nitrogen and oxygen atoms in total. The van der Waals surface area contributed by atoms with Crippen molar-refractivity contribution in [3.05, 3.63) is 0 Å². The Morgan fingerprint density at radius 1 is 1.18 bits per heavy atom. The molecule has 0 atom stereocenters. The van der Waals surface area contributed by atoms with Crippen LogP contribution >= 0.6 is 0 Å². The third-order valence-electron chi connectivity index (χ3n) is 2.38. The SMILES string of the molecule is CN(CCCCC(=O)CC(C)(C)C)CC(=O)O. The quantitative estimate of drug-likeness (QED) is 0.664. The number of unbranched alkanes of at least 4 members (excludes halogenated alkanes) is 1. The Labute approximate surface area is 104 Å². The van der Waals surface area contributed by atoms with Crippen LogP contribution in [0, 0.1) is 5.41 Å². The van der Waals surface area contributed by atoms with Gasteiger partial charge in [-0.1, -0.05) is 20.8 Å². The Morgan fingerprint density at radius 3 is 2.24 bits per heavy atom. The summed E-state index contributed by atoms with van der Waals surface area (Å²) in [5, 5.41) is 8.56. The van der Waals surface area contributed by atoms with E-state index in [2.05, 4.69) is 20.8 Å². The van der Waals surface area contributed by atoms with Crippen molar-refractivity contribution in [1.29, 1.82) is 0 Å². The number of carboxylic acid groups (broad SMARTS) is 1. The number of hydrogen-bond donors (Lipinski definition) is 1. The van der Waals surface area contributed by atoms with Crippen molar-refractivity contribution in [1.82, 2.24) is 4.90 Å². The molecule has 0 amide bonds. The summed E-state index contributed by atoms with van der Waals surface area (Å²) in [4.78, 5) is 23.7. The smallest absolute Gasteiger partial charge is 0.317 e. The summed E-state index contributed by atoms with van der Waals surface area (Å²) in [6.07, 6.45) is 2.95. The molecule has 0 unspecified atom stereocenters. The van der Waals surface area contributed by atoms with E-state index in [0.717, 1.165) is 19.4 Å². The number of nitrogens with zero attached hydrogens (tertiary/aromatic N) is 1. The maximum absolute atomic E-state index is 11.6. The Hall–Kier alpha value is -0.900. The van der Waals surface area contributed by atoms with Crippen LogP contribution in [0.3, 0.4) is 0 Å². The molecule has 1 N–H and O–H groups in total. The summed E-state index contributed by atoms with van der Waals surface area (Å²) in [6.45, 7) is 6.98. The van der Waals surface area contributed by atoms with Crippen LogP contribution in [-0.4, -0.2) is 41.9 Å². The van der Waals surface area contributed by atoms with E-state index in [0.29, 0.717) is 18.6 Å². The predicted molar refractivity (Wildman–Crippen MR) is 68.1 cm³/mol. The van der Waals surface area contributed by atoms with Crippen molar-refractivity contribution in [3.8, 4) is 0 Å². The van der Waals surface area contributed by atoms with Gasteiger partial charge < -0.3 is 5.11 Å². The fourth-order valence-corrected chi connectivity index (χ4v) is 1.69. The van der Waals surface area contributed by atoms with Crippen LogP contribution in [0.25, 0.3) is 0 Å². The summed E-state index contributed by atoms with van der Waals surface area (Å²) in [5.74, 6) is -0.505. The average Bonchev–Trinajstić information content (AvgIpc) is 2.08. The molecule has 4 heteroatoms. The molecule has 0 aromatic heterocycles. The highest BCUT2D eigenvalue weighted by Crippen LogP contribution is 2.20. The molecule has 0 saturated heterocycles. The first-order valence-electron chi connectivity index (χ1n) is 6.13. The van der Waals surface area contributed by atoms with Gasteiger partial charge in [-0.15, -0.1) is 0 Å². The lowest BCUT2D eigenvalue weighted by Gasteiger charge is -2.17. The fraction of sp³-hybridized carbons (Fsp3) is 0.846. The molecule has 0 spiro atoms. The lowest BCUT2D eigenvalue weighted by molar-refractivity contribution is -0.138. The molecule has 0 fully saturated rings. The number of ketones is 1. The molecule has 100 valence electrons. The van der Waals surface area contributed by atoms with Crippen molar-refractivity contribution in [2.24, 2.45) is 5.41 Å². The molecule has 0 aliphatic heterocycles. The number of hydrogen-bond acceptors (Lipinski definition) is 3. The molecule has 0 rings (SSSR count). The zero-order valence-electron chi connectivity index (χ0n) is 11.5. The molecule has 17 heavy (non-hydrogen) atoms. The number of carbonyl (C=O) groups is 2. The van der Waals surface area contributed by atoms with Crippen molar-refractivity contribution < 1.29 is 14.7 Å². The number of rotatable bonds is 8. The molecular weight excluding hydrogens is 218 g/mol. The zero-order valence-corrected chi connectivity index (χ0v) is 11.5. The van der Waals surface area contributed by atoms with Gasteiger partial charge >= 0.3 is 5.97 Å². The largest absolute Gasteiger partial charge is 0.480 e. The van der Waals surface area contributed by atoms with Crippen LogP contribution in [0.15, 0.2) is 0 Å². The third-order valence-corrected chi connectivity index (χ3v) is 2.38. The highest BCUT2D eigenvalue weighted by atomic mass is 16.4. The standard InChI is InChI=1S/C13H25NO3/c1-13(2,3)9-11(15)7-5-6-8-14(4)10-12(16)17/h5-10H2,1-4H3,(H,16,17). The van der Waals surface area contributed by atoms with Crippen LogP contribution < -0.4 is 0 Å². The van der Waals surface area contributed by atoms with Gasteiger partial charge in [0.1, 0.15) is 5.78 Å². The minimum Gasteiger partial charge on any atom is -0.480 e. The van der Waals surface area contributed by atoms with Gasteiger partial charge in [-0.25, -0.2) is 0 Å². The fourth-order valence-electron chi connectivity index (χ4n) is 1.69. The molecule has 0 aromatic carbocycles. The van der Waals surface area contributed by atoms with Crippen molar-refractivity contribution >= 4 is 11.8 Å². The van der Waals surface area contributed by atoms with Crippen LogP contribution in [-0.2, 0) is 9.59 Å². The second-order valence-electron chi connectivity index (χ2n) is 5.86. The van der Waals surface area contributed by atoms with E-state index in [1.807, 2.05) is 0 Å². The predicted octanol–water partition coefficient (Wildman–Crippen LogP) is 2.18. The average molecular weight is 243 g/mol. The number of carboxylic acids is 1. The monoisotopic (exact) mass is 243 g/mol. The minimum absolute atomic E-state index is 0.0654. The van der Waals surface area contributed by atoms with E-state index in [-0.39, 0.29) is 12.0 Å². The van der Waals surface area contributed by atoms with Gasteiger partial charge in [0, 0.05) is 12.8 Å². The highest BCUT2D eigenvalue weighted by molar-refractivity contribution is 5.78. The first kappa shape index (κ1) is 16.1. The molecule has 0 aliphatic rings. The summed E-state index contributed by atoms with van der Waals surface area (Å²) in [7, 11) is 1.78. The van der Waals surface area contributed by atoms with Crippen LogP contribution in [0.2, 0.25) is 0 Å².